The summed E-state index contributed by atoms with van der Waals surface area (Å²) < 4.78 is 6.96. The quantitative estimate of drug-likeness (QED) is 0.629. The molecule has 0 radical (unpaired) electrons. The molecular weight excluding hydrogens is 448 g/mol. The van der Waals surface area contributed by atoms with Crippen LogP contribution in [0.25, 0.3) is 0 Å². The minimum absolute atomic E-state index is 0.109. The lowest BCUT2D eigenvalue weighted by Crippen LogP contribution is -2.36. The van der Waals surface area contributed by atoms with Crippen LogP contribution in [0.1, 0.15) is 64.7 Å². The molecule has 9 heteroatoms. The van der Waals surface area contributed by atoms with Crippen molar-refractivity contribution in [3.8, 4) is 5.75 Å². The highest BCUT2D eigenvalue weighted by Gasteiger charge is 2.32. The molecule has 2 aliphatic rings. The fourth-order valence-corrected chi connectivity index (χ4v) is 4.75. The molecule has 0 bridgehead atoms. The number of methoxy groups -OCH3 is 1. The van der Waals surface area contributed by atoms with Crippen LogP contribution in [0.2, 0.25) is 0 Å². The van der Waals surface area contributed by atoms with Crippen LogP contribution in [0.3, 0.4) is 0 Å². The van der Waals surface area contributed by atoms with Crippen LogP contribution in [-0.2, 0) is 17.8 Å². The first-order valence-corrected chi connectivity index (χ1v) is 12.1. The molecule has 0 spiro atoms. The highest BCUT2D eigenvalue weighted by Crippen LogP contribution is 2.29. The van der Waals surface area contributed by atoms with E-state index in [4.69, 9.17) is 4.74 Å². The van der Waals surface area contributed by atoms with E-state index in [1.807, 2.05) is 12.1 Å². The van der Waals surface area contributed by atoms with E-state index in [1.54, 1.807) is 21.6 Å². The third-order valence-electron chi connectivity index (χ3n) is 6.67. The van der Waals surface area contributed by atoms with Crippen molar-refractivity contribution >= 4 is 17.7 Å². The normalized spacial score (nSPS) is 16.9. The number of aromatic nitrogens is 1. The van der Waals surface area contributed by atoms with Crippen molar-refractivity contribution < 1.29 is 19.1 Å². The van der Waals surface area contributed by atoms with Gasteiger partial charge in [0, 0.05) is 49.9 Å². The Balaban J connectivity index is 1.52. The first-order valence-electron chi connectivity index (χ1n) is 12.1. The fourth-order valence-electron chi connectivity index (χ4n) is 4.75. The average molecular weight is 481 g/mol. The maximum atomic E-state index is 13.2. The molecule has 0 saturated heterocycles. The number of pyridine rings is 1. The van der Waals surface area contributed by atoms with Crippen molar-refractivity contribution in [3.05, 3.63) is 63.1 Å². The molecule has 0 aliphatic carbocycles. The molecule has 0 unspecified atom stereocenters. The van der Waals surface area contributed by atoms with E-state index in [-0.39, 0.29) is 48.0 Å². The number of fused-ring (bicyclic) bond motifs is 2. The van der Waals surface area contributed by atoms with Gasteiger partial charge in [-0.15, -0.1) is 0 Å². The smallest absolute Gasteiger partial charge is 0.256 e. The standard InChI is InChI=1S/C26H32N4O5/c1-16(2)8-10-27-26(34)24-20-9-11-29(12-13-30(20)23(32)15-21(24)35-3)22(31)14-19-17-6-4-5-7-18(17)25(33)28-19/h4-7,15-16,19H,8-14H2,1-3H3,(H,27,34)(H,28,33)/t19-/m0/s1. The van der Waals surface area contributed by atoms with Crippen molar-refractivity contribution in [1.82, 2.24) is 20.1 Å². The Morgan fingerprint density at radius 1 is 1.17 bits per heavy atom. The second-order valence-corrected chi connectivity index (χ2v) is 9.41. The van der Waals surface area contributed by atoms with Gasteiger partial charge in [-0.3, -0.25) is 19.2 Å². The average Bonchev–Trinajstić information content (AvgIpc) is 2.99. The lowest BCUT2D eigenvalue weighted by atomic mass is 10.0. The molecule has 2 aromatic rings. The van der Waals surface area contributed by atoms with Gasteiger partial charge in [-0.2, -0.15) is 0 Å². The van der Waals surface area contributed by atoms with Crippen molar-refractivity contribution in [2.45, 2.75) is 45.7 Å². The zero-order valence-electron chi connectivity index (χ0n) is 20.4. The number of hydrogen-bond donors (Lipinski definition) is 2. The Kier molecular flexibility index (Phi) is 7.23. The fraction of sp³-hybridized carbons (Fsp3) is 0.462. The van der Waals surface area contributed by atoms with Gasteiger partial charge in [-0.05, 0) is 24.0 Å². The van der Waals surface area contributed by atoms with Crippen LogP contribution >= 0.6 is 0 Å². The maximum Gasteiger partial charge on any atom is 0.256 e. The minimum Gasteiger partial charge on any atom is -0.496 e. The molecule has 1 aromatic heterocycles. The SMILES string of the molecule is COc1cc(=O)n2c(c1C(=O)NCCC(C)C)CCN(C(=O)C[C@@H]1NC(=O)c3ccccc31)CC2. The van der Waals surface area contributed by atoms with Gasteiger partial charge in [-0.1, -0.05) is 32.0 Å². The van der Waals surface area contributed by atoms with Crippen molar-refractivity contribution in [2.75, 3.05) is 26.7 Å². The Labute approximate surface area is 204 Å². The van der Waals surface area contributed by atoms with E-state index in [9.17, 15) is 19.2 Å². The van der Waals surface area contributed by atoms with Crippen LogP contribution in [0.4, 0.5) is 0 Å². The molecule has 1 atom stereocenters. The summed E-state index contributed by atoms with van der Waals surface area (Å²) in [5.74, 6) is 0.129. The largest absolute Gasteiger partial charge is 0.496 e. The Morgan fingerprint density at radius 2 is 1.94 bits per heavy atom. The first-order chi connectivity index (χ1) is 16.8. The van der Waals surface area contributed by atoms with Crippen molar-refractivity contribution in [1.29, 1.82) is 0 Å². The predicted molar refractivity (Wildman–Crippen MR) is 131 cm³/mol. The Bertz CT molecular complexity index is 1200. The first kappa shape index (κ1) is 24.5. The van der Waals surface area contributed by atoms with Gasteiger partial charge in [0.1, 0.15) is 11.3 Å². The highest BCUT2D eigenvalue weighted by atomic mass is 16.5. The van der Waals surface area contributed by atoms with Gasteiger partial charge >= 0.3 is 0 Å². The van der Waals surface area contributed by atoms with Crippen LogP contribution < -0.4 is 20.9 Å². The third kappa shape index (κ3) is 5.08. The summed E-state index contributed by atoms with van der Waals surface area (Å²) in [6.45, 7) is 5.68. The molecule has 0 fully saturated rings. The topological polar surface area (TPSA) is 110 Å². The number of ether oxygens (including phenoxy) is 1. The van der Waals surface area contributed by atoms with Gasteiger partial charge in [0.2, 0.25) is 5.91 Å². The van der Waals surface area contributed by atoms with Gasteiger partial charge < -0.3 is 24.8 Å². The van der Waals surface area contributed by atoms with Crippen molar-refractivity contribution in [3.63, 3.8) is 0 Å². The lowest BCUT2D eigenvalue weighted by molar-refractivity contribution is -0.131. The number of nitrogens with zero attached hydrogens (tertiary/aromatic N) is 2. The van der Waals surface area contributed by atoms with Gasteiger partial charge in [-0.25, -0.2) is 0 Å². The van der Waals surface area contributed by atoms with Crippen LogP contribution in [0.5, 0.6) is 5.75 Å². The number of hydrogen-bond acceptors (Lipinski definition) is 5. The molecule has 4 rings (SSSR count). The molecule has 0 saturated carbocycles. The number of amides is 3. The van der Waals surface area contributed by atoms with Gasteiger partial charge in [0.15, 0.2) is 0 Å². The molecule has 2 N–H and O–H groups in total. The summed E-state index contributed by atoms with van der Waals surface area (Å²) >= 11 is 0. The van der Waals surface area contributed by atoms with E-state index >= 15 is 0 Å². The lowest BCUT2D eigenvalue weighted by Gasteiger charge is -2.22. The molecule has 9 nitrogen and oxygen atoms in total. The molecule has 1 aromatic carbocycles. The van der Waals surface area contributed by atoms with E-state index in [1.165, 1.54) is 13.2 Å². The number of nitrogens with one attached hydrogen (secondary N) is 2. The van der Waals surface area contributed by atoms with Gasteiger partial charge in [0.05, 0.1) is 19.6 Å². The summed E-state index contributed by atoms with van der Waals surface area (Å²) in [4.78, 5) is 53.0. The predicted octanol–water partition coefficient (Wildman–Crippen LogP) is 1.89. The van der Waals surface area contributed by atoms with Crippen LogP contribution in [-0.4, -0.2) is 53.9 Å². The molecular formula is C26H32N4O5. The number of benzene rings is 1. The minimum atomic E-state index is -0.373. The van der Waals surface area contributed by atoms with E-state index in [0.717, 1.165) is 12.0 Å². The molecule has 35 heavy (non-hydrogen) atoms. The molecule has 2 aliphatic heterocycles. The molecule has 3 heterocycles. The molecule has 3 amide bonds. The second-order valence-electron chi connectivity index (χ2n) is 9.41. The number of rotatable bonds is 7. The molecule has 186 valence electrons. The van der Waals surface area contributed by atoms with Crippen molar-refractivity contribution in [2.24, 2.45) is 5.92 Å². The van der Waals surface area contributed by atoms with E-state index in [2.05, 4.69) is 24.5 Å². The second kappa shape index (κ2) is 10.3. The Hall–Kier alpha value is -3.62. The van der Waals surface area contributed by atoms with E-state index < -0.39 is 0 Å². The van der Waals surface area contributed by atoms with E-state index in [0.29, 0.717) is 48.8 Å². The third-order valence-corrected chi connectivity index (χ3v) is 6.67. The summed E-state index contributed by atoms with van der Waals surface area (Å²) in [7, 11) is 1.44. The van der Waals surface area contributed by atoms with Gasteiger partial charge in [0.25, 0.3) is 17.4 Å². The summed E-state index contributed by atoms with van der Waals surface area (Å²) in [6.07, 6.45) is 1.32. The van der Waals surface area contributed by atoms with Crippen LogP contribution in [0.15, 0.2) is 35.1 Å². The summed E-state index contributed by atoms with van der Waals surface area (Å²) in [5, 5.41) is 5.82. The maximum absolute atomic E-state index is 13.2. The monoisotopic (exact) mass is 480 g/mol. The zero-order valence-corrected chi connectivity index (χ0v) is 20.4. The zero-order chi connectivity index (χ0) is 25.1. The summed E-state index contributed by atoms with van der Waals surface area (Å²) in [5.41, 5.74) is 2.08. The van der Waals surface area contributed by atoms with Crippen LogP contribution in [0, 0.1) is 5.92 Å². The number of carbonyl (C=O) groups is 3. The number of carbonyl (C=O) groups excluding carboxylic acids is 3. The summed E-state index contributed by atoms with van der Waals surface area (Å²) in [6, 6.07) is 8.24. The highest BCUT2D eigenvalue weighted by molar-refractivity contribution is 6.00. The Morgan fingerprint density at radius 3 is 2.69 bits per heavy atom.